The minimum Gasteiger partial charge on any atom is -0.406 e. The van der Waals surface area contributed by atoms with Gasteiger partial charge in [-0.2, -0.15) is 0 Å². The first-order chi connectivity index (χ1) is 14.4. The standard InChI is InChI=1S/C26H29F3O/c1-2-3-4-5-20-8-14-23(15-9-20)24-16-10-21(11-17-24)6-7-22-12-18-25(19-13-22)30-26(27,28)29/h10-13,16-20,23H,2-5,8-9,14-15H2,1H3. The van der Waals surface area contributed by atoms with Crippen LogP contribution in [-0.4, -0.2) is 6.36 Å². The van der Waals surface area contributed by atoms with Gasteiger partial charge < -0.3 is 4.74 Å². The average molecular weight is 415 g/mol. The molecule has 30 heavy (non-hydrogen) atoms. The Bertz CT molecular complexity index is 833. The van der Waals surface area contributed by atoms with E-state index < -0.39 is 6.36 Å². The highest BCUT2D eigenvalue weighted by Gasteiger charge is 2.30. The molecule has 2 aromatic carbocycles. The highest BCUT2D eigenvalue weighted by molar-refractivity contribution is 5.45. The van der Waals surface area contributed by atoms with Crippen molar-refractivity contribution in [3.8, 4) is 17.6 Å². The van der Waals surface area contributed by atoms with Crippen molar-refractivity contribution in [2.45, 2.75) is 70.6 Å². The zero-order valence-corrected chi connectivity index (χ0v) is 17.5. The molecule has 1 saturated carbocycles. The maximum absolute atomic E-state index is 12.2. The lowest BCUT2D eigenvalue weighted by Gasteiger charge is -2.29. The van der Waals surface area contributed by atoms with E-state index in [1.807, 2.05) is 12.1 Å². The summed E-state index contributed by atoms with van der Waals surface area (Å²) in [5, 5.41) is 0. The van der Waals surface area contributed by atoms with E-state index in [-0.39, 0.29) is 5.75 Å². The molecule has 3 rings (SSSR count). The van der Waals surface area contributed by atoms with Crippen LogP contribution in [0, 0.1) is 17.8 Å². The lowest BCUT2D eigenvalue weighted by Crippen LogP contribution is -2.16. The van der Waals surface area contributed by atoms with Gasteiger partial charge in [-0.1, -0.05) is 56.6 Å². The molecule has 0 spiro atoms. The Morgan fingerprint density at radius 1 is 0.833 bits per heavy atom. The van der Waals surface area contributed by atoms with Gasteiger partial charge in [-0.3, -0.25) is 0 Å². The molecule has 0 radical (unpaired) electrons. The molecule has 1 aliphatic rings. The van der Waals surface area contributed by atoms with Gasteiger partial charge in [-0.25, -0.2) is 0 Å². The summed E-state index contributed by atoms with van der Waals surface area (Å²) in [6, 6.07) is 14.0. The molecule has 0 bridgehead atoms. The number of ether oxygens (including phenoxy) is 1. The number of benzene rings is 2. The van der Waals surface area contributed by atoms with Gasteiger partial charge in [0.1, 0.15) is 5.75 Å². The predicted molar refractivity (Wildman–Crippen MR) is 114 cm³/mol. The Hall–Kier alpha value is -2.41. The fourth-order valence-electron chi connectivity index (χ4n) is 4.19. The van der Waals surface area contributed by atoms with Crippen LogP contribution in [0.4, 0.5) is 13.2 Å². The molecule has 1 aliphatic carbocycles. The molecule has 0 atom stereocenters. The van der Waals surface area contributed by atoms with Crippen molar-refractivity contribution in [3.05, 3.63) is 65.2 Å². The lowest BCUT2D eigenvalue weighted by molar-refractivity contribution is -0.274. The number of hydrogen-bond acceptors (Lipinski definition) is 1. The van der Waals surface area contributed by atoms with Crippen molar-refractivity contribution in [2.24, 2.45) is 5.92 Å². The van der Waals surface area contributed by atoms with Crippen molar-refractivity contribution in [1.29, 1.82) is 0 Å². The van der Waals surface area contributed by atoms with Crippen LogP contribution >= 0.6 is 0 Å². The summed E-state index contributed by atoms with van der Waals surface area (Å²) in [5.74, 6) is 7.39. The summed E-state index contributed by atoms with van der Waals surface area (Å²) in [4.78, 5) is 0. The molecule has 2 aromatic rings. The Morgan fingerprint density at radius 2 is 1.40 bits per heavy atom. The molecular weight excluding hydrogens is 385 g/mol. The summed E-state index contributed by atoms with van der Waals surface area (Å²) in [6.45, 7) is 2.26. The van der Waals surface area contributed by atoms with Crippen molar-refractivity contribution in [1.82, 2.24) is 0 Å². The lowest BCUT2D eigenvalue weighted by atomic mass is 9.77. The molecule has 0 aliphatic heterocycles. The second kappa shape index (κ2) is 10.6. The van der Waals surface area contributed by atoms with Gasteiger partial charge in [0.05, 0.1) is 0 Å². The van der Waals surface area contributed by atoms with Crippen LogP contribution in [-0.2, 0) is 0 Å². The van der Waals surface area contributed by atoms with E-state index in [0.29, 0.717) is 11.5 Å². The Balaban J connectivity index is 1.52. The largest absolute Gasteiger partial charge is 0.573 e. The molecule has 0 saturated heterocycles. The predicted octanol–water partition coefficient (Wildman–Crippen LogP) is 7.84. The van der Waals surface area contributed by atoms with Crippen molar-refractivity contribution >= 4 is 0 Å². The van der Waals surface area contributed by atoms with Crippen LogP contribution in [0.1, 0.15) is 80.9 Å². The van der Waals surface area contributed by atoms with Gasteiger partial charge in [0.25, 0.3) is 0 Å². The number of rotatable bonds is 6. The van der Waals surface area contributed by atoms with E-state index in [1.54, 1.807) is 0 Å². The molecule has 1 nitrogen and oxygen atoms in total. The fraction of sp³-hybridized carbons (Fsp3) is 0.462. The molecule has 0 aromatic heterocycles. The summed E-state index contributed by atoms with van der Waals surface area (Å²) in [5.41, 5.74) is 2.94. The SMILES string of the molecule is CCCCCC1CCC(c2ccc(C#Cc3ccc(OC(F)(F)F)cc3)cc2)CC1. The number of unbranched alkanes of at least 4 members (excludes halogenated alkanes) is 2. The van der Waals surface area contributed by atoms with Gasteiger partial charge >= 0.3 is 6.36 Å². The van der Waals surface area contributed by atoms with E-state index in [9.17, 15) is 13.2 Å². The Kier molecular flexibility index (Phi) is 7.85. The van der Waals surface area contributed by atoms with E-state index in [0.717, 1.165) is 11.5 Å². The highest BCUT2D eigenvalue weighted by atomic mass is 19.4. The first kappa shape index (κ1) is 22.3. The Morgan fingerprint density at radius 3 is 1.93 bits per heavy atom. The average Bonchev–Trinajstić information content (AvgIpc) is 2.73. The maximum atomic E-state index is 12.2. The number of alkyl halides is 3. The molecule has 160 valence electrons. The van der Waals surface area contributed by atoms with Gasteiger partial charge in [0.2, 0.25) is 0 Å². The van der Waals surface area contributed by atoms with Gasteiger partial charge in [-0.15, -0.1) is 13.2 Å². The minimum atomic E-state index is -4.68. The van der Waals surface area contributed by atoms with Crippen LogP contribution < -0.4 is 4.74 Å². The number of halogens is 3. The molecule has 0 N–H and O–H groups in total. The monoisotopic (exact) mass is 414 g/mol. The smallest absolute Gasteiger partial charge is 0.406 e. The highest BCUT2D eigenvalue weighted by Crippen LogP contribution is 2.37. The molecule has 1 fully saturated rings. The zero-order valence-electron chi connectivity index (χ0n) is 17.5. The molecule has 0 unspecified atom stereocenters. The zero-order chi connectivity index (χ0) is 21.4. The van der Waals surface area contributed by atoms with Gasteiger partial charge in [-0.05, 0) is 79.5 Å². The van der Waals surface area contributed by atoms with E-state index in [1.165, 1.54) is 81.2 Å². The number of hydrogen-bond donors (Lipinski definition) is 0. The van der Waals surface area contributed by atoms with Crippen LogP contribution in [0.2, 0.25) is 0 Å². The second-order valence-electron chi connectivity index (χ2n) is 8.16. The molecular formula is C26H29F3O. The molecule has 0 heterocycles. The van der Waals surface area contributed by atoms with E-state index >= 15 is 0 Å². The second-order valence-corrected chi connectivity index (χ2v) is 8.16. The minimum absolute atomic E-state index is 0.238. The maximum Gasteiger partial charge on any atom is 0.573 e. The van der Waals surface area contributed by atoms with E-state index in [2.05, 4.69) is 35.6 Å². The van der Waals surface area contributed by atoms with Gasteiger partial charge in [0.15, 0.2) is 0 Å². The third-order valence-corrected chi connectivity index (χ3v) is 5.88. The summed E-state index contributed by atoms with van der Waals surface area (Å²) < 4.78 is 40.5. The van der Waals surface area contributed by atoms with Crippen LogP contribution in [0.3, 0.4) is 0 Å². The van der Waals surface area contributed by atoms with Crippen LogP contribution in [0.25, 0.3) is 0 Å². The van der Waals surface area contributed by atoms with Crippen LogP contribution in [0.15, 0.2) is 48.5 Å². The van der Waals surface area contributed by atoms with Crippen molar-refractivity contribution < 1.29 is 17.9 Å². The van der Waals surface area contributed by atoms with Crippen LogP contribution in [0.5, 0.6) is 5.75 Å². The Labute approximate surface area is 177 Å². The van der Waals surface area contributed by atoms with E-state index in [4.69, 9.17) is 0 Å². The van der Waals surface area contributed by atoms with Crippen molar-refractivity contribution in [2.75, 3.05) is 0 Å². The summed E-state index contributed by atoms with van der Waals surface area (Å²) in [6.07, 6.45) is 5.95. The summed E-state index contributed by atoms with van der Waals surface area (Å²) >= 11 is 0. The third-order valence-electron chi connectivity index (χ3n) is 5.88. The topological polar surface area (TPSA) is 9.23 Å². The first-order valence-corrected chi connectivity index (χ1v) is 10.9. The molecule has 4 heteroatoms. The van der Waals surface area contributed by atoms with Gasteiger partial charge in [0, 0.05) is 11.1 Å². The third kappa shape index (κ3) is 7.13. The first-order valence-electron chi connectivity index (χ1n) is 10.9. The normalized spacial score (nSPS) is 19.1. The quantitative estimate of drug-likeness (QED) is 0.346. The van der Waals surface area contributed by atoms with Crippen molar-refractivity contribution in [3.63, 3.8) is 0 Å². The molecule has 0 amide bonds. The fourth-order valence-corrected chi connectivity index (χ4v) is 4.19. The summed E-state index contributed by atoms with van der Waals surface area (Å²) in [7, 11) is 0.